The van der Waals surface area contributed by atoms with Crippen molar-refractivity contribution in [2.45, 2.75) is 12.5 Å². The summed E-state index contributed by atoms with van der Waals surface area (Å²) in [7, 11) is 6.94. The molecule has 0 spiro atoms. The average molecular weight is 561 g/mol. The zero-order valence-corrected chi connectivity index (χ0v) is 23.4. The molecular formula is C31H29ClN2O6. The molecule has 40 heavy (non-hydrogen) atoms. The lowest BCUT2D eigenvalue weighted by atomic mass is 9.94. The minimum atomic E-state index is -0.812. The Morgan fingerprint density at radius 2 is 1.73 bits per heavy atom. The number of carbonyl (C=O) groups is 2. The summed E-state index contributed by atoms with van der Waals surface area (Å²) in [6.45, 7) is 0.273. The number of benzene rings is 3. The smallest absolute Gasteiger partial charge is 0.290 e. The zero-order chi connectivity index (χ0) is 28.6. The van der Waals surface area contributed by atoms with Gasteiger partial charge in [0, 0.05) is 42.8 Å². The van der Waals surface area contributed by atoms with Crippen LogP contribution in [0.4, 0.5) is 5.69 Å². The molecule has 0 saturated heterocycles. The van der Waals surface area contributed by atoms with Crippen LogP contribution in [0.25, 0.3) is 11.0 Å². The summed E-state index contributed by atoms with van der Waals surface area (Å²) in [5.74, 6) is -0.720. The summed E-state index contributed by atoms with van der Waals surface area (Å²) in [6.07, 6.45) is 0.511. The van der Waals surface area contributed by atoms with Gasteiger partial charge in [-0.2, -0.15) is 0 Å². The summed E-state index contributed by atoms with van der Waals surface area (Å²) < 4.78 is 16.5. The number of aliphatic hydroxyl groups is 1. The fourth-order valence-electron chi connectivity index (χ4n) is 4.94. The predicted octanol–water partition coefficient (Wildman–Crippen LogP) is 5.99. The van der Waals surface area contributed by atoms with E-state index in [1.54, 1.807) is 25.3 Å². The lowest BCUT2D eigenvalue weighted by Crippen LogP contribution is -2.33. The molecule has 0 saturated carbocycles. The van der Waals surface area contributed by atoms with Crippen molar-refractivity contribution in [1.29, 1.82) is 0 Å². The molecule has 1 unspecified atom stereocenters. The molecule has 5 rings (SSSR count). The number of amides is 1. The maximum absolute atomic E-state index is 13.9. The van der Waals surface area contributed by atoms with E-state index in [1.165, 1.54) is 12.0 Å². The number of rotatable bonds is 9. The van der Waals surface area contributed by atoms with Crippen molar-refractivity contribution >= 4 is 39.9 Å². The van der Waals surface area contributed by atoms with Gasteiger partial charge in [0.1, 0.15) is 5.75 Å². The molecule has 0 fully saturated rings. The number of anilines is 1. The van der Waals surface area contributed by atoms with Gasteiger partial charge in [0.15, 0.2) is 22.9 Å². The summed E-state index contributed by atoms with van der Waals surface area (Å²) in [4.78, 5) is 30.8. The third kappa shape index (κ3) is 4.98. The van der Waals surface area contributed by atoms with Gasteiger partial charge < -0.3 is 28.8 Å². The first-order valence-corrected chi connectivity index (χ1v) is 13.1. The highest BCUT2D eigenvalue weighted by molar-refractivity contribution is 6.31. The number of furan rings is 1. The molecule has 1 N–H and O–H groups in total. The molecule has 0 bridgehead atoms. The van der Waals surface area contributed by atoms with Gasteiger partial charge in [-0.1, -0.05) is 35.9 Å². The Labute approximate surface area is 237 Å². The minimum Gasteiger partial charge on any atom is -0.503 e. The Morgan fingerprint density at radius 1 is 1.02 bits per heavy atom. The first-order chi connectivity index (χ1) is 19.2. The number of fused-ring (bicyclic) bond motifs is 1. The molecule has 206 valence electrons. The Morgan fingerprint density at radius 3 is 2.35 bits per heavy atom. The predicted molar refractivity (Wildman–Crippen MR) is 154 cm³/mol. The Kier molecular flexibility index (Phi) is 7.45. The molecule has 2 heterocycles. The summed E-state index contributed by atoms with van der Waals surface area (Å²) >= 11 is 6.20. The lowest BCUT2D eigenvalue weighted by molar-refractivity contribution is -0.129. The van der Waals surface area contributed by atoms with Crippen LogP contribution >= 0.6 is 11.6 Å². The van der Waals surface area contributed by atoms with Crippen LogP contribution < -0.4 is 14.4 Å². The molecule has 9 heteroatoms. The molecule has 0 aliphatic carbocycles. The van der Waals surface area contributed by atoms with E-state index in [2.05, 4.69) is 0 Å². The number of aliphatic hydroxyl groups excluding tert-OH is 1. The Hall–Kier alpha value is -4.43. The van der Waals surface area contributed by atoms with Gasteiger partial charge in [-0.25, -0.2) is 0 Å². The number of Topliss-reactive ketones (excluding diaryl/α,β-unsaturated/α-hetero) is 1. The van der Waals surface area contributed by atoms with Gasteiger partial charge >= 0.3 is 0 Å². The SMILES string of the molecule is COc1ccc(CCN2C(=O)C(O)=C(C(=O)c3cc4cc(Cl)cc(OC)c4o3)C2c2ccc(N(C)C)cc2)cc1. The third-order valence-corrected chi connectivity index (χ3v) is 7.28. The number of carbonyl (C=O) groups excluding carboxylic acids is 2. The summed E-state index contributed by atoms with van der Waals surface area (Å²) in [6, 6.07) is 19.1. The van der Waals surface area contributed by atoms with Crippen molar-refractivity contribution in [2.75, 3.05) is 39.8 Å². The quantitative estimate of drug-likeness (QED) is 0.251. The maximum atomic E-state index is 13.9. The molecule has 1 atom stereocenters. The van der Waals surface area contributed by atoms with E-state index in [9.17, 15) is 14.7 Å². The summed E-state index contributed by atoms with van der Waals surface area (Å²) in [5.41, 5.74) is 2.94. The molecule has 0 radical (unpaired) electrons. The molecule has 8 nitrogen and oxygen atoms in total. The first kappa shape index (κ1) is 27.1. The number of ketones is 1. The van der Waals surface area contributed by atoms with E-state index in [1.807, 2.05) is 67.5 Å². The van der Waals surface area contributed by atoms with E-state index < -0.39 is 23.5 Å². The third-order valence-electron chi connectivity index (χ3n) is 7.06. The fourth-order valence-corrected chi connectivity index (χ4v) is 5.16. The van der Waals surface area contributed by atoms with Crippen LogP contribution in [0.1, 0.15) is 27.7 Å². The van der Waals surface area contributed by atoms with Crippen molar-refractivity contribution in [3.63, 3.8) is 0 Å². The van der Waals surface area contributed by atoms with Gasteiger partial charge in [0.25, 0.3) is 5.91 Å². The van der Waals surface area contributed by atoms with Gasteiger partial charge in [-0.05, 0) is 53.9 Å². The van der Waals surface area contributed by atoms with E-state index in [0.717, 1.165) is 17.0 Å². The second-order valence-electron chi connectivity index (χ2n) is 9.71. The van der Waals surface area contributed by atoms with Crippen molar-refractivity contribution in [1.82, 2.24) is 4.90 Å². The van der Waals surface area contributed by atoms with E-state index in [0.29, 0.717) is 33.7 Å². The molecular weight excluding hydrogens is 532 g/mol. The van der Waals surface area contributed by atoms with Crippen LogP contribution in [0.5, 0.6) is 11.5 Å². The number of hydrogen-bond acceptors (Lipinski definition) is 7. The summed E-state index contributed by atoms with van der Waals surface area (Å²) in [5, 5.41) is 12.1. The van der Waals surface area contributed by atoms with Crippen LogP contribution in [0.15, 0.2) is 82.5 Å². The molecule has 1 aliphatic heterocycles. The van der Waals surface area contributed by atoms with Gasteiger partial charge in [-0.15, -0.1) is 0 Å². The molecule has 1 amide bonds. The van der Waals surface area contributed by atoms with Crippen molar-refractivity contribution in [2.24, 2.45) is 0 Å². The normalized spacial score (nSPS) is 15.2. The molecule has 3 aromatic carbocycles. The highest BCUT2D eigenvalue weighted by Crippen LogP contribution is 2.41. The van der Waals surface area contributed by atoms with Crippen LogP contribution in [-0.4, -0.2) is 56.6 Å². The highest BCUT2D eigenvalue weighted by atomic mass is 35.5. The van der Waals surface area contributed by atoms with E-state index in [4.69, 9.17) is 25.5 Å². The van der Waals surface area contributed by atoms with Crippen LogP contribution in [-0.2, 0) is 11.2 Å². The minimum absolute atomic E-state index is 0.0307. The Balaban J connectivity index is 1.54. The number of ether oxygens (including phenoxy) is 2. The second kappa shape index (κ2) is 11.0. The van der Waals surface area contributed by atoms with Gasteiger partial charge in [-0.3, -0.25) is 9.59 Å². The fraction of sp³-hybridized carbons (Fsp3) is 0.226. The maximum Gasteiger partial charge on any atom is 0.290 e. The monoisotopic (exact) mass is 560 g/mol. The lowest BCUT2D eigenvalue weighted by Gasteiger charge is -2.27. The second-order valence-corrected chi connectivity index (χ2v) is 10.2. The number of halogens is 1. The van der Waals surface area contributed by atoms with Crippen molar-refractivity contribution < 1.29 is 28.6 Å². The molecule has 4 aromatic rings. The first-order valence-electron chi connectivity index (χ1n) is 12.7. The molecule has 1 aliphatic rings. The van der Waals surface area contributed by atoms with E-state index in [-0.39, 0.29) is 17.9 Å². The largest absolute Gasteiger partial charge is 0.503 e. The van der Waals surface area contributed by atoms with Crippen molar-refractivity contribution in [3.8, 4) is 11.5 Å². The van der Waals surface area contributed by atoms with Gasteiger partial charge in [0.05, 0.1) is 25.8 Å². The van der Waals surface area contributed by atoms with Crippen LogP contribution in [0, 0.1) is 0 Å². The average Bonchev–Trinajstić information content (AvgIpc) is 3.50. The zero-order valence-electron chi connectivity index (χ0n) is 22.6. The molecule has 1 aromatic heterocycles. The Bertz CT molecular complexity index is 1610. The van der Waals surface area contributed by atoms with Crippen molar-refractivity contribution in [3.05, 3.63) is 100.0 Å². The van der Waals surface area contributed by atoms with E-state index >= 15 is 0 Å². The van der Waals surface area contributed by atoms with Crippen LogP contribution in [0.3, 0.4) is 0 Å². The van der Waals surface area contributed by atoms with Crippen LogP contribution in [0.2, 0.25) is 5.02 Å². The number of nitrogens with zero attached hydrogens (tertiary/aromatic N) is 2. The van der Waals surface area contributed by atoms with Gasteiger partial charge in [0.2, 0.25) is 5.78 Å². The standard InChI is InChI=1S/C31H29ClN2O6/c1-33(2)22-9-7-19(8-10-22)27-26(28(35)24-16-20-15-21(32)17-25(39-4)30(20)40-24)29(36)31(37)34(27)14-13-18-5-11-23(38-3)12-6-18/h5-12,15-17,27,36H,13-14H2,1-4H3. The number of hydrogen-bond donors (Lipinski definition) is 1. The number of methoxy groups -OCH3 is 2. The highest BCUT2D eigenvalue weighted by Gasteiger charge is 2.44. The topological polar surface area (TPSA) is 92.5 Å².